The fourth-order valence-electron chi connectivity index (χ4n) is 2.60. The van der Waals surface area contributed by atoms with Crippen molar-refractivity contribution in [3.8, 4) is 11.3 Å². The highest BCUT2D eigenvalue weighted by molar-refractivity contribution is 7.09. The second kappa shape index (κ2) is 6.83. The van der Waals surface area contributed by atoms with Crippen LogP contribution in [0.4, 0.5) is 0 Å². The molecule has 0 aliphatic rings. The van der Waals surface area contributed by atoms with Gasteiger partial charge in [-0.2, -0.15) is 0 Å². The molecule has 1 amide bonds. The van der Waals surface area contributed by atoms with Crippen molar-refractivity contribution in [2.45, 2.75) is 6.54 Å². The minimum Gasteiger partial charge on any atom is -0.346 e. The minimum atomic E-state index is -0.121. The average molecular weight is 345 g/mol. The molecule has 4 rings (SSSR count). The number of amides is 1. The largest absolute Gasteiger partial charge is 0.346 e. The zero-order valence-electron chi connectivity index (χ0n) is 13.3. The van der Waals surface area contributed by atoms with Crippen LogP contribution < -0.4 is 5.32 Å². The molecule has 2 heterocycles. The number of aromatic nitrogens is 2. The molecule has 0 bridgehead atoms. The second-order valence-electron chi connectivity index (χ2n) is 5.59. The number of nitrogens with one attached hydrogen (secondary N) is 1. The SMILES string of the molecule is O=C(NCc1nc(-c2ccccc2)cs1)c1ccc2cccnc2c1. The number of hydrogen-bond acceptors (Lipinski definition) is 4. The third kappa shape index (κ3) is 3.41. The van der Waals surface area contributed by atoms with Crippen molar-refractivity contribution in [2.75, 3.05) is 0 Å². The fraction of sp³-hybridized carbons (Fsp3) is 0.0500. The van der Waals surface area contributed by atoms with E-state index in [1.54, 1.807) is 17.5 Å². The molecule has 4 nitrogen and oxygen atoms in total. The van der Waals surface area contributed by atoms with Crippen LogP contribution >= 0.6 is 11.3 Å². The third-order valence-electron chi connectivity index (χ3n) is 3.89. The van der Waals surface area contributed by atoms with Gasteiger partial charge < -0.3 is 5.32 Å². The molecule has 2 aromatic carbocycles. The number of benzene rings is 2. The Morgan fingerprint density at radius 1 is 1.04 bits per heavy atom. The molecule has 0 saturated heterocycles. The van der Waals surface area contributed by atoms with Gasteiger partial charge in [0, 0.05) is 28.1 Å². The Morgan fingerprint density at radius 3 is 2.80 bits per heavy atom. The molecule has 25 heavy (non-hydrogen) atoms. The molecule has 0 aliphatic heterocycles. The molecular formula is C20H15N3OS. The van der Waals surface area contributed by atoms with Gasteiger partial charge in [-0.25, -0.2) is 4.98 Å². The third-order valence-corrected chi connectivity index (χ3v) is 4.74. The van der Waals surface area contributed by atoms with E-state index in [1.165, 1.54) is 0 Å². The van der Waals surface area contributed by atoms with Gasteiger partial charge in [-0.3, -0.25) is 9.78 Å². The van der Waals surface area contributed by atoms with Gasteiger partial charge in [0.1, 0.15) is 5.01 Å². The predicted molar refractivity (Wildman–Crippen MR) is 100 cm³/mol. The quantitative estimate of drug-likeness (QED) is 0.600. The van der Waals surface area contributed by atoms with Gasteiger partial charge in [-0.15, -0.1) is 11.3 Å². The molecule has 0 unspecified atom stereocenters. The van der Waals surface area contributed by atoms with Crippen LogP contribution in [0.1, 0.15) is 15.4 Å². The van der Waals surface area contributed by atoms with Crippen LogP contribution in [0, 0.1) is 0 Å². The van der Waals surface area contributed by atoms with Crippen molar-refractivity contribution < 1.29 is 4.79 Å². The highest BCUT2D eigenvalue weighted by Gasteiger charge is 2.09. The van der Waals surface area contributed by atoms with E-state index >= 15 is 0 Å². The molecule has 122 valence electrons. The van der Waals surface area contributed by atoms with Crippen molar-refractivity contribution in [1.82, 2.24) is 15.3 Å². The van der Waals surface area contributed by atoms with Gasteiger partial charge in [0.15, 0.2) is 0 Å². The lowest BCUT2D eigenvalue weighted by Crippen LogP contribution is -2.22. The molecule has 0 fully saturated rings. The normalized spacial score (nSPS) is 10.7. The summed E-state index contributed by atoms with van der Waals surface area (Å²) in [5, 5.41) is 6.84. The summed E-state index contributed by atoms with van der Waals surface area (Å²) in [5.41, 5.74) is 3.43. The maximum absolute atomic E-state index is 12.4. The van der Waals surface area contributed by atoms with Crippen molar-refractivity contribution in [3.05, 3.63) is 82.8 Å². The summed E-state index contributed by atoms with van der Waals surface area (Å²) < 4.78 is 0. The predicted octanol–water partition coefficient (Wildman–Crippen LogP) is 4.29. The van der Waals surface area contributed by atoms with E-state index in [1.807, 2.05) is 66.0 Å². The van der Waals surface area contributed by atoms with Crippen LogP contribution in [-0.2, 0) is 6.54 Å². The van der Waals surface area contributed by atoms with Crippen LogP contribution in [0.15, 0.2) is 72.2 Å². The highest BCUT2D eigenvalue weighted by Crippen LogP contribution is 2.21. The van der Waals surface area contributed by atoms with E-state index in [-0.39, 0.29) is 5.91 Å². The molecule has 2 aromatic heterocycles. The summed E-state index contributed by atoms with van der Waals surface area (Å²) in [6.07, 6.45) is 1.73. The number of thiazole rings is 1. The lowest BCUT2D eigenvalue weighted by molar-refractivity contribution is 0.0951. The van der Waals surface area contributed by atoms with Crippen LogP contribution in [-0.4, -0.2) is 15.9 Å². The number of nitrogens with zero attached hydrogens (tertiary/aromatic N) is 2. The molecule has 0 saturated carbocycles. The number of hydrogen-bond donors (Lipinski definition) is 1. The van der Waals surface area contributed by atoms with Gasteiger partial charge in [0.2, 0.25) is 0 Å². The van der Waals surface area contributed by atoms with E-state index < -0.39 is 0 Å². The van der Waals surface area contributed by atoms with E-state index in [0.717, 1.165) is 27.2 Å². The lowest BCUT2D eigenvalue weighted by atomic mass is 10.1. The summed E-state index contributed by atoms with van der Waals surface area (Å²) in [7, 11) is 0. The standard InChI is InChI=1S/C20H15N3OS/c24-20(16-9-8-15-7-4-10-21-17(15)11-16)22-12-19-23-18(13-25-19)14-5-2-1-3-6-14/h1-11,13H,12H2,(H,22,24). The van der Waals surface area contributed by atoms with E-state index in [0.29, 0.717) is 12.1 Å². The molecule has 0 aliphatic carbocycles. The zero-order valence-corrected chi connectivity index (χ0v) is 14.2. The average Bonchev–Trinajstić information content (AvgIpc) is 3.15. The molecule has 5 heteroatoms. The van der Waals surface area contributed by atoms with Crippen molar-refractivity contribution in [1.29, 1.82) is 0 Å². The first-order chi connectivity index (χ1) is 12.3. The second-order valence-corrected chi connectivity index (χ2v) is 6.53. The Morgan fingerprint density at radius 2 is 1.92 bits per heavy atom. The summed E-state index contributed by atoms with van der Waals surface area (Å²) in [5.74, 6) is -0.121. The first-order valence-electron chi connectivity index (χ1n) is 7.92. The van der Waals surface area contributed by atoms with Crippen LogP contribution in [0.5, 0.6) is 0 Å². The van der Waals surface area contributed by atoms with Gasteiger partial charge in [-0.05, 0) is 18.2 Å². The smallest absolute Gasteiger partial charge is 0.251 e. The van der Waals surface area contributed by atoms with Gasteiger partial charge >= 0.3 is 0 Å². The van der Waals surface area contributed by atoms with E-state index in [2.05, 4.69) is 15.3 Å². The van der Waals surface area contributed by atoms with Crippen molar-refractivity contribution in [2.24, 2.45) is 0 Å². The van der Waals surface area contributed by atoms with Crippen LogP contribution in [0.2, 0.25) is 0 Å². The number of carbonyl (C=O) groups is 1. The van der Waals surface area contributed by atoms with E-state index in [4.69, 9.17) is 0 Å². The highest BCUT2D eigenvalue weighted by atomic mass is 32.1. The molecule has 0 spiro atoms. The fourth-order valence-corrected chi connectivity index (χ4v) is 3.34. The van der Waals surface area contributed by atoms with Gasteiger partial charge in [0.25, 0.3) is 5.91 Å². The molecule has 0 radical (unpaired) electrons. The van der Waals surface area contributed by atoms with Crippen molar-refractivity contribution in [3.63, 3.8) is 0 Å². The summed E-state index contributed by atoms with van der Waals surface area (Å²) in [6, 6.07) is 19.4. The number of fused-ring (bicyclic) bond motifs is 1. The first-order valence-corrected chi connectivity index (χ1v) is 8.80. The maximum Gasteiger partial charge on any atom is 0.251 e. The zero-order chi connectivity index (χ0) is 17.1. The minimum absolute atomic E-state index is 0.121. The number of pyridine rings is 1. The lowest BCUT2D eigenvalue weighted by Gasteiger charge is -2.04. The Balaban J connectivity index is 1.45. The summed E-state index contributed by atoms with van der Waals surface area (Å²) >= 11 is 1.55. The van der Waals surface area contributed by atoms with Crippen molar-refractivity contribution >= 4 is 28.1 Å². The Kier molecular flexibility index (Phi) is 4.23. The molecule has 1 N–H and O–H groups in total. The Hall–Kier alpha value is -3.05. The Bertz CT molecular complexity index is 1030. The van der Waals surface area contributed by atoms with Crippen LogP contribution in [0.3, 0.4) is 0 Å². The molecule has 0 atom stereocenters. The molecular weight excluding hydrogens is 330 g/mol. The van der Waals surface area contributed by atoms with Gasteiger partial charge in [-0.1, -0.05) is 42.5 Å². The monoisotopic (exact) mass is 345 g/mol. The summed E-state index contributed by atoms with van der Waals surface area (Å²) in [6.45, 7) is 0.413. The number of rotatable bonds is 4. The van der Waals surface area contributed by atoms with E-state index in [9.17, 15) is 4.79 Å². The topological polar surface area (TPSA) is 54.9 Å². The maximum atomic E-state index is 12.4. The van der Waals surface area contributed by atoms with Gasteiger partial charge in [0.05, 0.1) is 17.8 Å². The molecule has 4 aromatic rings. The Labute approximate surface area is 149 Å². The summed E-state index contributed by atoms with van der Waals surface area (Å²) in [4.78, 5) is 21.3. The van der Waals surface area contributed by atoms with Crippen LogP contribution in [0.25, 0.3) is 22.2 Å². The first kappa shape index (κ1) is 15.5. The number of carbonyl (C=O) groups excluding carboxylic acids is 1.